The van der Waals surface area contributed by atoms with Crippen LogP contribution in [0.15, 0.2) is 0 Å². The average molecular weight is 1900 g/mol. The number of unbranched alkanes of at least 4 members (excludes halogenated alkanes) is 72. The van der Waals surface area contributed by atoms with Crippen molar-refractivity contribution in [3.8, 4) is 0 Å². The predicted molar refractivity (Wildman–Crippen MR) is 585 cm³/mol. The zero-order valence-corrected chi connectivity index (χ0v) is 91.4. The van der Waals surface area contributed by atoms with Gasteiger partial charge in [-0.15, -0.1) is 0 Å². The molecule has 0 spiro atoms. The van der Waals surface area contributed by atoms with Crippen molar-refractivity contribution in [2.24, 2.45) is 5.73 Å². The van der Waals surface area contributed by atoms with E-state index in [-0.39, 0.29) is 30.2 Å². The van der Waals surface area contributed by atoms with Gasteiger partial charge in [0.2, 0.25) is 23.6 Å². The van der Waals surface area contributed by atoms with Gasteiger partial charge in [0.05, 0.1) is 18.3 Å². The summed E-state index contributed by atoms with van der Waals surface area (Å²) in [6, 6.07) is 0. The van der Waals surface area contributed by atoms with Crippen molar-refractivity contribution in [2.75, 3.05) is 124 Å². The number of rotatable bonds is 113. The molecule has 0 aliphatic rings. The van der Waals surface area contributed by atoms with Gasteiger partial charge >= 0.3 is 0 Å². The van der Waals surface area contributed by atoms with E-state index in [0.29, 0.717) is 97.7 Å². The number of nitrogens with two attached hydrogens (primary N) is 1. The highest BCUT2D eigenvalue weighted by Crippen LogP contribution is 2.21. The van der Waals surface area contributed by atoms with Crippen molar-refractivity contribution < 1.29 is 34.5 Å². The lowest BCUT2D eigenvalue weighted by Crippen LogP contribution is -2.43. The van der Waals surface area contributed by atoms with Crippen molar-refractivity contribution in [3.63, 3.8) is 0 Å². The third-order valence-corrected chi connectivity index (χ3v) is 28.1. The number of hydrogen-bond acceptors (Lipinski definition) is 13. The molecule has 800 valence electrons. The fourth-order valence-electron chi connectivity index (χ4n) is 19.1. The number of hydrogen-bond donors (Lipinski definition) is 9. The van der Waals surface area contributed by atoms with Crippen molar-refractivity contribution >= 4 is 23.6 Å². The molecule has 0 radical (unpaired) electrons. The lowest BCUT2D eigenvalue weighted by molar-refractivity contribution is -0.122. The Morgan fingerprint density at radius 2 is 0.351 bits per heavy atom. The smallest absolute Gasteiger partial charge is 0.221 e. The van der Waals surface area contributed by atoms with Crippen LogP contribution in [-0.2, 0) is 19.2 Å². The molecule has 0 fully saturated rings. The van der Waals surface area contributed by atoms with Gasteiger partial charge in [-0.3, -0.25) is 24.1 Å². The molecule has 3 atom stereocenters. The molecule has 4 amide bonds. The lowest BCUT2D eigenvalue weighted by Gasteiger charge is -2.30. The first kappa shape index (κ1) is 134. The van der Waals surface area contributed by atoms with Crippen LogP contribution in [0.3, 0.4) is 0 Å². The highest BCUT2D eigenvalue weighted by molar-refractivity contribution is 5.77. The molecule has 0 aromatic carbocycles. The van der Waals surface area contributed by atoms with Gasteiger partial charge in [-0.25, -0.2) is 0 Å². The Hall–Kier alpha value is -2.48. The summed E-state index contributed by atoms with van der Waals surface area (Å²) in [6.45, 7) is 29.0. The molecule has 134 heavy (non-hydrogen) atoms. The number of aliphatic hydroxyl groups is 3. The maximum absolute atomic E-state index is 13.3. The molecule has 0 saturated heterocycles. The highest BCUT2D eigenvalue weighted by atomic mass is 16.3. The minimum atomic E-state index is -0.600. The van der Waals surface area contributed by atoms with E-state index in [1.807, 2.05) is 0 Å². The quantitative estimate of drug-likeness (QED) is 0.0259. The molecule has 0 aliphatic carbocycles. The van der Waals surface area contributed by atoms with Gasteiger partial charge in [-0.1, -0.05) is 504 Å². The maximum Gasteiger partial charge on any atom is 0.221 e. The highest BCUT2D eigenvalue weighted by Gasteiger charge is 2.21. The second-order valence-electron chi connectivity index (χ2n) is 41.8. The molecule has 0 heterocycles. The molecular formula is C117H240N10O7. The van der Waals surface area contributed by atoms with Gasteiger partial charge in [-0.05, 0) is 90.5 Å². The van der Waals surface area contributed by atoms with E-state index in [9.17, 15) is 34.5 Å². The standard InChI is InChI=1S/C85H173N7O5.C32H67N3O2/c1-6-11-16-21-26-31-36-39-44-49-52-57-67-87-83(95)64-70-86-77-81(93)78-90(71-60-55-50-45-40-37-32-27-22-17-12-7-2)73-62-63-74-91(72-61-56-51-46-41-38-33-28-23-18-13-8-3)79-82(94)80-92(75-65-84(96)88-68-58-53-47-42-34-29-24-19-14-9-4)76-66-85(97)89-69-59-54-48-43-35-30-25-20-15-10-5;1-3-5-7-9-11-13-15-16-18-20-22-24-27-35(30-31(36)29-33)28-25-32(37)34-26-23-21-19-17-14-12-10-8-6-4-2/h81-82,86,93-94H,6-80H2,1-5H3,(H,87,95)(H,88,96)(H,89,97);31,36H,3-30,33H2,1-2H3,(H,34,37). The van der Waals surface area contributed by atoms with E-state index >= 15 is 0 Å². The molecule has 0 aliphatic heterocycles. The van der Waals surface area contributed by atoms with Gasteiger partial charge < -0.3 is 62.3 Å². The zero-order chi connectivity index (χ0) is 97.7. The molecule has 0 rings (SSSR count). The van der Waals surface area contributed by atoms with E-state index in [4.69, 9.17) is 5.73 Å². The van der Waals surface area contributed by atoms with Crippen molar-refractivity contribution in [2.45, 2.75) is 606 Å². The van der Waals surface area contributed by atoms with Crippen LogP contribution in [-0.4, -0.2) is 201 Å². The van der Waals surface area contributed by atoms with Crippen LogP contribution in [0.1, 0.15) is 588 Å². The average Bonchev–Trinajstić information content (AvgIpc) is 0.924. The van der Waals surface area contributed by atoms with Gasteiger partial charge in [0.25, 0.3) is 0 Å². The molecule has 17 heteroatoms. The minimum absolute atomic E-state index is 0.0608. The SMILES string of the molecule is CCCCCCCCCCCCCCN(CCC(=O)NCCCCCCCCCCCC)CC(O)CN.CCCCCCCCCCCCCCNC(=O)CCNCC(O)CN(CCCCCCCCCCCCCC)CCCCN(CCCCCCCCCCCCCC)CC(O)CN(CCC(=O)NCCCCCCCCCCCC)CCC(=O)NCCCCCCCCCCCC. The van der Waals surface area contributed by atoms with Crippen LogP contribution < -0.4 is 32.3 Å². The Morgan fingerprint density at radius 1 is 0.194 bits per heavy atom. The first-order valence-electron chi connectivity index (χ1n) is 60.2. The van der Waals surface area contributed by atoms with Gasteiger partial charge in [0, 0.05) is 117 Å². The third-order valence-electron chi connectivity index (χ3n) is 28.1. The molecule has 3 unspecified atom stereocenters. The molecule has 17 nitrogen and oxygen atoms in total. The molecule has 0 saturated carbocycles. The molecule has 10 N–H and O–H groups in total. The Balaban J connectivity index is 0. The number of nitrogens with one attached hydrogen (secondary N) is 5. The zero-order valence-electron chi connectivity index (χ0n) is 91.4. The third kappa shape index (κ3) is 108. The topological polar surface area (TPSA) is 228 Å². The minimum Gasteiger partial charge on any atom is -0.390 e. The van der Waals surface area contributed by atoms with Crippen molar-refractivity contribution in [1.29, 1.82) is 0 Å². The Bertz CT molecular complexity index is 2250. The summed E-state index contributed by atoms with van der Waals surface area (Å²) < 4.78 is 0. The number of carbonyl (C=O) groups is 4. The van der Waals surface area contributed by atoms with Crippen molar-refractivity contribution in [3.05, 3.63) is 0 Å². The number of amides is 4. The fourth-order valence-corrected chi connectivity index (χ4v) is 19.1. The largest absolute Gasteiger partial charge is 0.390 e. The second-order valence-corrected chi connectivity index (χ2v) is 41.8. The van der Waals surface area contributed by atoms with E-state index in [2.05, 4.69) is 94.6 Å². The summed E-state index contributed by atoms with van der Waals surface area (Å²) in [6.07, 6.45) is 104. The molecular weight excluding hydrogens is 1660 g/mol. The summed E-state index contributed by atoms with van der Waals surface area (Å²) in [5.41, 5.74) is 5.64. The molecule has 0 bridgehead atoms. The molecule has 0 aromatic rings. The monoisotopic (exact) mass is 1900 g/mol. The van der Waals surface area contributed by atoms with E-state index < -0.39 is 18.3 Å². The normalized spacial score (nSPS) is 12.4. The van der Waals surface area contributed by atoms with E-state index in [0.717, 1.165) is 116 Å². The number of aliphatic hydroxyl groups excluding tert-OH is 3. The first-order chi connectivity index (χ1) is 65.8. The van der Waals surface area contributed by atoms with E-state index in [1.54, 1.807) is 0 Å². The van der Waals surface area contributed by atoms with E-state index in [1.165, 1.54) is 443 Å². The summed E-state index contributed by atoms with van der Waals surface area (Å²) in [7, 11) is 0. The summed E-state index contributed by atoms with van der Waals surface area (Å²) >= 11 is 0. The fraction of sp³-hybridized carbons (Fsp3) is 0.966. The number of carbonyl (C=O) groups excluding carboxylic acids is 4. The maximum atomic E-state index is 13.3. The van der Waals surface area contributed by atoms with Crippen LogP contribution in [0.4, 0.5) is 0 Å². The Kier molecular flexibility index (Phi) is 114. The van der Waals surface area contributed by atoms with Gasteiger partial charge in [-0.2, -0.15) is 0 Å². The van der Waals surface area contributed by atoms with Crippen LogP contribution in [0.5, 0.6) is 0 Å². The van der Waals surface area contributed by atoms with Crippen LogP contribution in [0, 0.1) is 0 Å². The van der Waals surface area contributed by atoms with Crippen LogP contribution in [0.25, 0.3) is 0 Å². The second kappa shape index (κ2) is 114. The Morgan fingerprint density at radius 3 is 0.560 bits per heavy atom. The molecule has 0 aromatic heterocycles. The summed E-state index contributed by atoms with van der Waals surface area (Å²) in [5, 5.41) is 49.5. The summed E-state index contributed by atoms with van der Waals surface area (Å²) in [4.78, 5) is 61.0. The Labute approximate surface area is 835 Å². The van der Waals surface area contributed by atoms with Crippen LogP contribution in [0.2, 0.25) is 0 Å². The van der Waals surface area contributed by atoms with Crippen molar-refractivity contribution in [1.82, 2.24) is 46.2 Å². The predicted octanol–water partition coefficient (Wildman–Crippen LogP) is 29.2. The van der Waals surface area contributed by atoms with Gasteiger partial charge in [0.15, 0.2) is 0 Å². The first-order valence-corrected chi connectivity index (χ1v) is 60.2. The number of nitrogens with zero attached hydrogens (tertiary/aromatic N) is 4. The summed E-state index contributed by atoms with van der Waals surface area (Å²) in [5.74, 6) is 0.356. The van der Waals surface area contributed by atoms with Gasteiger partial charge in [0.1, 0.15) is 0 Å². The lowest BCUT2D eigenvalue weighted by atomic mass is 10.1. The van der Waals surface area contributed by atoms with Crippen LogP contribution >= 0.6 is 0 Å².